The van der Waals surface area contributed by atoms with Crippen molar-refractivity contribution in [2.24, 2.45) is 5.92 Å². The Bertz CT molecular complexity index is 1010. The quantitative estimate of drug-likeness (QED) is 0.487. The maximum Gasteiger partial charge on any atom is 0.303 e. The van der Waals surface area contributed by atoms with E-state index in [1.165, 1.54) is 6.08 Å². The highest BCUT2D eigenvalue weighted by Gasteiger charge is 2.30. The van der Waals surface area contributed by atoms with Gasteiger partial charge >= 0.3 is 5.97 Å². The summed E-state index contributed by atoms with van der Waals surface area (Å²) in [5, 5.41) is 32.1. The third-order valence-corrected chi connectivity index (χ3v) is 5.34. The minimum absolute atomic E-state index is 0.135. The van der Waals surface area contributed by atoms with E-state index in [4.69, 9.17) is 9.84 Å². The Morgan fingerprint density at radius 1 is 1.06 bits per heavy atom. The SMILES string of the molecule is COc1ccc(-c2ccc(NCC3=C(O)C(=O)C=C(CO)C3CCC(=O)O)cc2)cc1. The van der Waals surface area contributed by atoms with E-state index in [-0.39, 0.29) is 26.0 Å². The molecule has 2 aromatic rings. The first kappa shape index (κ1) is 22.1. The average molecular weight is 423 g/mol. The van der Waals surface area contributed by atoms with Crippen molar-refractivity contribution < 1.29 is 29.6 Å². The van der Waals surface area contributed by atoms with Gasteiger partial charge in [-0.3, -0.25) is 9.59 Å². The van der Waals surface area contributed by atoms with E-state index in [9.17, 15) is 19.8 Å². The molecule has 0 saturated carbocycles. The number of anilines is 1. The standard InChI is InChI=1S/C24H25NO6/c1-31-19-8-4-16(5-9-19)15-2-6-18(7-3-15)25-13-21-20(10-11-23(28)29)17(14-26)12-22(27)24(21)30/h2-9,12,20,25-26,30H,10-11,13-14H2,1H3,(H,28,29). The molecule has 0 aliphatic heterocycles. The molecule has 4 N–H and O–H groups in total. The van der Waals surface area contributed by atoms with Crippen LogP contribution < -0.4 is 10.1 Å². The largest absolute Gasteiger partial charge is 0.504 e. The lowest BCUT2D eigenvalue weighted by molar-refractivity contribution is -0.137. The van der Waals surface area contributed by atoms with Crippen molar-refractivity contribution in [3.05, 3.63) is 71.5 Å². The zero-order chi connectivity index (χ0) is 22.4. The molecule has 3 rings (SSSR count). The van der Waals surface area contributed by atoms with Crippen molar-refractivity contribution in [1.29, 1.82) is 0 Å². The lowest BCUT2D eigenvalue weighted by Gasteiger charge is -2.26. The van der Waals surface area contributed by atoms with Gasteiger partial charge in [0, 0.05) is 30.1 Å². The smallest absolute Gasteiger partial charge is 0.303 e. The van der Waals surface area contributed by atoms with Crippen molar-refractivity contribution in [3.8, 4) is 16.9 Å². The second kappa shape index (κ2) is 9.95. The van der Waals surface area contributed by atoms with Crippen LogP contribution in [0.25, 0.3) is 11.1 Å². The van der Waals surface area contributed by atoms with Crippen LogP contribution in [0.1, 0.15) is 12.8 Å². The van der Waals surface area contributed by atoms with Crippen molar-refractivity contribution in [2.75, 3.05) is 25.6 Å². The van der Waals surface area contributed by atoms with Gasteiger partial charge in [0.15, 0.2) is 5.76 Å². The topological polar surface area (TPSA) is 116 Å². The molecule has 0 spiro atoms. The first-order valence-electron chi connectivity index (χ1n) is 9.90. The Labute approximate surface area is 180 Å². The molecular weight excluding hydrogens is 398 g/mol. The number of carbonyl (C=O) groups excluding carboxylic acids is 1. The summed E-state index contributed by atoms with van der Waals surface area (Å²) < 4.78 is 5.17. The molecule has 0 bridgehead atoms. The average Bonchev–Trinajstić information content (AvgIpc) is 2.79. The summed E-state index contributed by atoms with van der Waals surface area (Å²) in [5.41, 5.74) is 3.64. The number of ether oxygens (including phenoxy) is 1. The number of benzene rings is 2. The predicted octanol–water partition coefficient (Wildman–Crippen LogP) is 3.57. The number of allylic oxidation sites excluding steroid dienone is 1. The summed E-state index contributed by atoms with van der Waals surface area (Å²) in [5.74, 6) is -1.68. The van der Waals surface area contributed by atoms with Gasteiger partial charge < -0.3 is 25.4 Å². The highest BCUT2D eigenvalue weighted by Crippen LogP contribution is 2.32. The summed E-state index contributed by atoms with van der Waals surface area (Å²) in [6.07, 6.45) is 1.24. The van der Waals surface area contributed by atoms with Crippen molar-refractivity contribution in [3.63, 3.8) is 0 Å². The molecule has 2 aromatic carbocycles. The van der Waals surface area contributed by atoms with E-state index in [1.54, 1.807) is 7.11 Å². The van der Waals surface area contributed by atoms with Crippen LogP contribution in [0.5, 0.6) is 5.75 Å². The highest BCUT2D eigenvalue weighted by atomic mass is 16.5. The number of aliphatic hydroxyl groups is 2. The molecule has 1 atom stereocenters. The summed E-state index contributed by atoms with van der Waals surface area (Å²) in [4.78, 5) is 23.1. The van der Waals surface area contributed by atoms with Crippen molar-refractivity contribution >= 4 is 17.4 Å². The molecule has 0 fully saturated rings. The zero-order valence-corrected chi connectivity index (χ0v) is 17.2. The van der Waals surface area contributed by atoms with Crippen LogP contribution >= 0.6 is 0 Å². The fourth-order valence-corrected chi connectivity index (χ4v) is 3.64. The third kappa shape index (κ3) is 5.32. The number of hydrogen-bond donors (Lipinski definition) is 4. The van der Waals surface area contributed by atoms with Gasteiger partial charge in [-0.15, -0.1) is 0 Å². The van der Waals surface area contributed by atoms with Crippen LogP contribution in [0.4, 0.5) is 5.69 Å². The zero-order valence-electron chi connectivity index (χ0n) is 17.2. The number of hydrogen-bond acceptors (Lipinski definition) is 6. The molecule has 0 amide bonds. The van der Waals surface area contributed by atoms with Gasteiger partial charge in [-0.1, -0.05) is 24.3 Å². The Hall–Kier alpha value is -3.58. The number of aliphatic hydroxyl groups excluding tert-OH is 2. The van der Waals surface area contributed by atoms with Crippen molar-refractivity contribution in [2.45, 2.75) is 12.8 Å². The van der Waals surface area contributed by atoms with Crippen LogP contribution in [-0.2, 0) is 9.59 Å². The Kier molecular flexibility index (Phi) is 7.10. The molecule has 0 heterocycles. The number of methoxy groups -OCH3 is 1. The number of carboxylic acids is 1. The van der Waals surface area contributed by atoms with Crippen molar-refractivity contribution in [1.82, 2.24) is 0 Å². The normalized spacial score (nSPS) is 16.1. The van der Waals surface area contributed by atoms with E-state index < -0.39 is 23.4 Å². The fourth-order valence-electron chi connectivity index (χ4n) is 3.64. The lowest BCUT2D eigenvalue weighted by atomic mass is 9.81. The van der Waals surface area contributed by atoms with Gasteiger partial charge in [0.1, 0.15) is 5.75 Å². The maximum absolute atomic E-state index is 12.1. The first-order chi connectivity index (χ1) is 14.9. The summed E-state index contributed by atoms with van der Waals surface area (Å²) in [7, 11) is 1.62. The van der Waals surface area contributed by atoms with Gasteiger partial charge in [0.2, 0.25) is 5.78 Å². The fraction of sp³-hybridized carbons (Fsp3) is 0.250. The monoisotopic (exact) mass is 423 g/mol. The molecule has 7 heteroatoms. The van der Waals surface area contributed by atoms with E-state index in [0.717, 1.165) is 22.6 Å². The van der Waals surface area contributed by atoms with Crippen LogP contribution in [0, 0.1) is 5.92 Å². The molecule has 1 aliphatic carbocycles. The van der Waals surface area contributed by atoms with Gasteiger partial charge in [-0.2, -0.15) is 0 Å². The lowest BCUT2D eigenvalue weighted by Crippen LogP contribution is -2.26. The molecule has 31 heavy (non-hydrogen) atoms. The molecular formula is C24H25NO6. The minimum atomic E-state index is -0.977. The number of carbonyl (C=O) groups is 2. The van der Waals surface area contributed by atoms with Gasteiger partial charge in [0.05, 0.1) is 13.7 Å². The molecule has 0 aromatic heterocycles. The molecule has 0 radical (unpaired) electrons. The van der Waals surface area contributed by atoms with Crippen LogP contribution in [0.2, 0.25) is 0 Å². The Morgan fingerprint density at radius 3 is 2.23 bits per heavy atom. The Balaban J connectivity index is 1.73. The van der Waals surface area contributed by atoms with E-state index in [1.807, 2.05) is 48.5 Å². The van der Waals surface area contributed by atoms with Gasteiger partial charge in [-0.25, -0.2) is 0 Å². The predicted molar refractivity (Wildman–Crippen MR) is 117 cm³/mol. The summed E-state index contributed by atoms with van der Waals surface area (Å²) in [6.45, 7) is -0.218. The maximum atomic E-state index is 12.1. The number of aliphatic carboxylic acids is 1. The molecule has 7 nitrogen and oxygen atoms in total. The molecule has 0 saturated heterocycles. The van der Waals surface area contributed by atoms with Gasteiger partial charge in [0.25, 0.3) is 0 Å². The summed E-state index contributed by atoms with van der Waals surface area (Å²) >= 11 is 0. The third-order valence-electron chi connectivity index (χ3n) is 5.34. The Morgan fingerprint density at radius 2 is 1.68 bits per heavy atom. The highest BCUT2D eigenvalue weighted by molar-refractivity contribution is 6.04. The number of rotatable bonds is 9. The second-order valence-electron chi connectivity index (χ2n) is 7.26. The van der Waals surface area contributed by atoms with Crippen LogP contribution in [0.3, 0.4) is 0 Å². The molecule has 1 aliphatic rings. The van der Waals surface area contributed by atoms with Crippen LogP contribution in [0.15, 0.2) is 71.5 Å². The van der Waals surface area contributed by atoms with E-state index in [0.29, 0.717) is 11.1 Å². The van der Waals surface area contributed by atoms with Gasteiger partial charge in [-0.05, 0) is 53.5 Å². The number of nitrogens with one attached hydrogen (secondary N) is 1. The minimum Gasteiger partial charge on any atom is -0.504 e. The summed E-state index contributed by atoms with van der Waals surface area (Å²) in [6, 6.07) is 15.4. The molecule has 1 unspecified atom stereocenters. The number of ketones is 1. The first-order valence-corrected chi connectivity index (χ1v) is 9.90. The molecule has 162 valence electrons. The number of carboxylic acid groups (broad SMARTS) is 1. The van der Waals surface area contributed by atoms with Crippen LogP contribution in [-0.4, -0.2) is 47.3 Å². The van der Waals surface area contributed by atoms with E-state index >= 15 is 0 Å². The second-order valence-corrected chi connectivity index (χ2v) is 7.26. The van der Waals surface area contributed by atoms with E-state index in [2.05, 4.69) is 5.32 Å².